The SMILES string of the molecule is CCNC(=NCC1CN(C)CCO1)N1CCC2C(CCCN2Cc2ccccc2)C1.I. The molecule has 0 saturated carbocycles. The molecule has 3 saturated heterocycles. The molecule has 31 heavy (non-hydrogen) atoms. The molecule has 7 heteroatoms. The number of fused-ring (bicyclic) bond motifs is 1. The molecule has 0 aromatic heterocycles. The van der Waals surface area contributed by atoms with Crippen LogP contribution >= 0.6 is 24.0 Å². The van der Waals surface area contributed by atoms with Crippen LogP contribution in [0.4, 0.5) is 0 Å². The summed E-state index contributed by atoms with van der Waals surface area (Å²) in [6.45, 7) is 11.2. The Kier molecular flexibility index (Phi) is 9.87. The van der Waals surface area contributed by atoms with E-state index in [2.05, 4.69) is 64.3 Å². The normalized spacial score (nSPS) is 28.0. The molecular weight excluding hydrogens is 501 g/mol. The Hall–Kier alpha value is -0.900. The second-order valence-corrected chi connectivity index (χ2v) is 9.11. The van der Waals surface area contributed by atoms with Crippen molar-refractivity contribution in [2.24, 2.45) is 10.9 Å². The molecule has 0 aliphatic carbocycles. The van der Waals surface area contributed by atoms with E-state index in [4.69, 9.17) is 9.73 Å². The zero-order valence-corrected chi connectivity index (χ0v) is 21.5. The van der Waals surface area contributed by atoms with Crippen molar-refractivity contribution < 1.29 is 4.74 Å². The van der Waals surface area contributed by atoms with Gasteiger partial charge in [0.25, 0.3) is 0 Å². The van der Waals surface area contributed by atoms with Crippen molar-refractivity contribution in [3.63, 3.8) is 0 Å². The lowest BCUT2D eigenvalue weighted by Gasteiger charge is -2.48. The van der Waals surface area contributed by atoms with Crippen LogP contribution in [0.3, 0.4) is 0 Å². The maximum atomic E-state index is 5.92. The first-order chi connectivity index (χ1) is 14.7. The minimum Gasteiger partial charge on any atom is -0.374 e. The molecule has 3 aliphatic rings. The molecule has 0 spiro atoms. The van der Waals surface area contributed by atoms with Crippen LogP contribution < -0.4 is 5.32 Å². The highest BCUT2D eigenvalue weighted by Gasteiger charge is 2.36. The van der Waals surface area contributed by atoms with Gasteiger partial charge < -0.3 is 19.9 Å². The number of nitrogens with zero attached hydrogens (tertiary/aromatic N) is 4. The van der Waals surface area contributed by atoms with Crippen LogP contribution in [-0.2, 0) is 11.3 Å². The van der Waals surface area contributed by atoms with Crippen LogP contribution in [0.5, 0.6) is 0 Å². The van der Waals surface area contributed by atoms with Crippen molar-refractivity contribution in [3.05, 3.63) is 35.9 Å². The summed E-state index contributed by atoms with van der Waals surface area (Å²) in [5, 5.41) is 3.54. The number of hydrogen-bond donors (Lipinski definition) is 1. The Balaban J connectivity index is 0.00000272. The molecule has 3 unspecified atom stereocenters. The van der Waals surface area contributed by atoms with Crippen molar-refractivity contribution in [2.75, 3.05) is 59.5 Å². The molecule has 3 atom stereocenters. The molecule has 3 aliphatic heterocycles. The van der Waals surface area contributed by atoms with Crippen molar-refractivity contribution in [2.45, 2.75) is 44.9 Å². The monoisotopic (exact) mass is 541 g/mol. The van der Waals surface area contributed by atoms with E-state index < -0.39 is 0 Å². The van der Waals surface area contributed by atoms with Gasteiger partial charge in [-0.25, -0.2) is 0 Å². The lowest BCUT2D eigenvalue weighted by atomic mass is 9.83. The van der Waals surface area contributed by atoms with E-state index in [1.54, 1.807) is 0 Å². The topological polar surface area (TPSA) is 43.3 Å². The van der Waals surface area contributed by atoms with Gasteiger partial charge >= 0.3 is 0 Å². The minimum absolute atomic E-state index is 0. The Morgan fingerprint density at radius 2 is 1.97 bits per heavy atom. The number of nitrogens with one attached hydrogen (secondary N) is 1. The molecule has 0 radical (unpaired) electrons. The van der Waals surface area contributed by atoms with E-state index in [1.807, 2.05) is 0 Å². The van der Waals surface area contributed by atoms with Gasteiger partial charge in [0.1, 0.15) is 0 Å². The fourth-order valence-corrected chi connectivity index (χ4v) is 5.30. The van der Waals surface area contributed by atoms with Crippen LogP contribution in [0.25, 0.3) is 0 Å². The van der Waals surface area contributed by atoms with Crippen LogP contribution in [0.15, 0.2) is 35.3 Å². The number of rotatable bonds is 5. The third kappa shape index (κ3) is 6.79. The summed E-state index contributed by atoms with van der Waals surface area (Å²) in [5.41, 5.74) is 1.44. The number of likely N-dealkylation sites (N-methyl/N-ethyl adjacent to an activating group) is 1. The largest absolute Gasteiger partial charge is 0.374 e. The van der Waals surface area contributed by atoms with E-state index in [9.17, 15) is 0 Å². The quantitative estimate of drug-likeness (QED) is 0.353. The van der Waals surface area contributed by atoms with Gasteiger partial charge in [-0.1, -0.05) is 30.3 Å². The first kappa shape index (κ1) is 24.7. The molecule has 1 N–H and O–H groups in total. The van der Waals surface area contributed by atoms with E-state index in [0.29, 0.717) is 6.04 Å². The molecule has 6 nitrogen and oxygen atoms in total. The van der Waals surface area contributed by atoms with Crippen molar-refractivity contribution >= 4 is 29.9 Å². The number of likely N-dealkylation sites (tertiary alicyclic amines) is 2. The first-order valence-corrected chi connectivity index (χ1v) is 11.8. The smallest absolute Gasteiger partial charge is 0.194 e. The lowest BCUT2D eigenvalue weighted by molar-refractivity contribution is -0.0138. The van der Waals surface area contributed by atoms with Gasteiger partial charge in [-0.15, -0.1) is 24.0 Å². The number of hydrogen-bond acceptors (Lipinski definition) is 4. The molecule has 1 aromatic rings. The van der Waals surface area contributed by atoms with Crippen LogP contribution in [-0.4, -0.2) is 92.3 Å². The van der Waals surface area contributed by atoms with E-state index in [1.165, 1.54) is 31.4 Å². The Morgan fingerprint density at radius 1 is 1.13 bits per heavy atom. The molecule has 3 heterocycles. The summed E-state index contributed by atoms with van der Waals surface area (Å²) in [6.07, 6.45) is 4.08. The van der Waals surface area contributed by atoms with Gasteiger partial charge in [-0.05, 0) is 51.3 Å². The van der Waals surface area contributed by atoms with Gasteiger partial charge in [0.2, 0.25) is 0 Å². The molecule has 4 rings (SSSR count). The fraction of sp³-hybridized carbons (Fsp3) is 0.708. The standard InChI is InChI=1S/C24H39N5O.HI/c1-3-25-24(26-16-22-19-27(2)14-15-30-22)29-13-11-23-21(18-29)10-7-12-28(23)17-20-8-5-4-6-9-20;/h4-6,8-9,21-23H,3,7,10-19H2,1-2H3,(H,25,26);1H. The summed E-state index contributed by atoms with van der Waals surface area (Å²) in [4.78, 5) is 12.6. The second-order valence-electron chi connectivity index (χ2n) is 9.11. The predicted octanol–water partition coefficient (Wildman–Crippen LogP) is 2.89. The van der Waals surface area contributed by atoms with Crippen LogP contribution in [0.2, 0.25) is 0 Å². The maximum absolute atomic E-state index is 5.92. The lowest BCUT2D eigenvalue weighted by Crippen LogP contribution is -2.56. The summed E-state index contributed by atoms with van der Waals surface area (Å²) in [5.74, 6) is 1.81. The number of guanidine groups is 1. The van der Waals surface area contributed by atoms with Gasteiger partial charge in [0.15, 0.2) is 5.96 Å². The number of aliphatic imine (C=N–C) groups is 1. The molecule has 0 amide bonds. The Bertz CT molecular complexity index is 688. The Morgan fingerprint density at radius 3 is 2.74 bits per heavy atom. The second kappa shape index (κ2) is 12.4. The third-order valence-corrected chi connectivity index (χ3v) is 6.83. The first-order valence-electron chi connectivity index (χ1n) is 11.8. The van der Waals surface area contributed by atoms with Crippen molar-refractivity contribution in [1.29, 1.82) is 0 Å². The van der Waals surface area contributed by atoms with E-state index in [0.717, 1.165) is 64.3 Å². The molecular formula is C24H40IN5O. The number of morpholine rings is 1. The van der Waals surface area contributed by atoms with Gasteiger partial charge in [-0.2, -0.15) is 0 Å². The number of piperidine rings is 2. The summed E-state index contributed by atoms with van der Waals surface area (Å²) < 4.78 is 5.92. The summed E-state index contributed by atoms with van der Waals surface area (Å²) >= 11 is 0. The van der Waals surface area contributed by atoms with Crippen molar-refractivity contribution in [3.8, 4) is 0 Å². The minimum atomic E-state index is 0. The fourth-order valence-electron chi connectivity index (χ4n) is 5.30. The summed E-state index contributed by atoms with van der Waals surface area (Å²) in [6, 6.07) is 11.7. The number of halogens is 1. The number of benzene rings is 1. The number of ether oxygens (including phenoxy) is 1. The zero-order valence-electron chi connectivity index (χ0n) is 19.2. The van der Waals surface area contributed by atoms with Gasteiger partial charge in [0.05, 0.1) is 19.3 Å². The van der Waals surface area contributed by atoms with Gasteiger partial charge in [0, 0.05) is 45.3 Å². The highest BCUT2D eigenvalue weighted by atomic mass is 127. The molecule has 0 bridgehead atoms. The van der Waals surface area contributed by atoms with E-state index in [-0.39, 0.29) is 30.1 Å². The van der Waals surface area contributed by atoms with Gasteiger partial charge in [-0.3, -0.25) is 9.89 Å². The average Bonchev–Trinajstić information content (AvgIpc) is 2.77. The molecule has 1 aromatic carbocycles. The molecule has 174 valence electrons. The van der Waals surface area contributed by atoms with E-state index >= 15 is 0 Å². The molecule has 3 fully saturated rings. The predicted molar refractivity (Wildman–Crippen MR) is 138 cm³/mol. The maximum Gasteiger partial charge on any atom is 0.194 e. The highest BCUT2D eigenvalue weighted by Crippen LogP contribution is 2.31. The van der Waals surface area contributed by atoms with Crippen molar-refractivity contribution in [1.82, 2.24) is 20.0 Å². The average molecular weight is 542 g/mol. The Labute approximate surface area is 205 Å². The van der Waals surface area contributed by atoms with Crippen LogP contribution in [0.1, 0.15) is 31.7 Å². The zero-order chi connectivity index (χ0) is 20.8. The highest BCUT2D eigenvalue weighted by molar-refractivity contribution is 14.0. The summed E-state index contributed by atoms with van der Waals surface area (Å²) in [7, 11) is 2.17. The van der Waals surface area contributed by atoms with Crippen LogP contribution in [0, 0.1) is 5.92 Å². The third-order valence-electron chi connectivity index (χ3n) is 6.83.